The van der Waals surface area contributed by atoms with Crippen LogP contribution < -0.4 is 20.5 Å². The van der Waals surface area contributed by atoms with E-state index < -0.39 is 47.7 Å². The molecule has 4 heterocycles. The second kappa shape index (κ2) is 29.5. The molecule has 2 aliphatic heterocycles. The number of halogens is 3. The Labute approximate surface area is 506 Å². The number of alkyl halides is 3. The number of imide groups is 2. The molecule has 5 amide bonds. The van der Waals surface area contributed by atoms with E-state index in [0.717, 1.165) is 57.6 Å². The highest BCUT2D eigenvalue weighted by atomic mass is 19.4. The Kier molecular flexibility index (Phi) is 21.3. The van der Waals surface area contributed by atoms with Gasteiger partial charge in [0.1, 0.15) is 50.5 Å². The highest BCUT2D eigenvalue weighted by molar-refractivity contribution is 6.04. The molecule has 9 aromatic rings. The minimum atomic E-state index is -4.49. The molecule has 4 atom stereocenters. The number of nitrogens with one attached hydrogen (secondary N) is 1. The van der Waals surface area contributed by atoms with E-state index in [0.29, 0.717) is 53.7 Å². The van der Waals surface area contributed by atoms with E-state index in [9.17, 15) is 37.1 Å². The van der Waals surface area contributed by atoms with Gasteiger partial charge in [-0.3, -0.25) is 14.4 Å². The molecule has 7 aromatic carbocycles. The Morgan fingerprint density at radius 2 is 1.00 bits per heavy atom. The maximum atomic E-state index is 13.6. The average Bonchev–Trinajstić information content (AvgIpc) is 2.70. The molecule has 0 spiro atoms. The molecule has 2 saturated heterocycles. The monoisotopic (exact) mass is 1200 g/mol. The number of anilines is 2. The summed E-state index contributed by atoms with van der Waals surface area (Å²) in [5.41, 5.74) is 12.7. The number of ether oxygens (including phenoxy) is 4. The van der Waals surface area contributed by atoms with Crippen LogP contribution in [0.1, 0.15) is 100 Å². The van der Waals surface area contributed by atoms with Crippen molar-refractivity contribution in [1.29, 1.82) is 0 Å². The van der Waals surface area contributed by atoms with Crippen LogP contribution in [0, 0.1) is 0 Å². The second-order valence-electron chi connectivity index (χ2n) is 20.4. The zero-order valence-corrected chi connectivity index (χ0v) is 46.1. The van der Waals surface area contributed by atoms with Crippen molar-refractivity contribution in [2.24, 2.45) is 0 Å². The van der Waals surface area contributed by atoms with Gasteiger partial charge in [0.05, 0.1) is 29.0 Å². The maximum absolute atomic E-state index is 13.6. The molecular weight excluding hydrogens is 1130 g/mol. The number of hydrogen-bond donors (Lipinski definition) is 2. The number of nitrogen functional groups attached to an aromatic ring is 1. The first-order valence-corrected chi connectivity index (χ1v) is 27.4. The minimum Gasteiger partial charge on any atom is -0.489 e. The lowest BCUT2D eigenvalue weighted by atomic mass is 9.91. The van der Waals surface area contributed by atoms with Gasteiger partial charge >= 0.3 is 18.4 Å². The smallest absolute Gasteiger partial charge is 0.416 e. The van der Waals surface area contributed by atoms with E-state index >= 15 is 0 Å². The number of benzene rings is 7. The summed E-state index contributed by atoms with van der Waals surface area (Å²) >= 11 is 0. The fourth-order valence-electron chi connectivity index (χ4n) is 10.1. The molecule has 20 heteroatoms. The highest BCUT2D eigenvalue weighted by Crippen LogP contribution is 2.34. The number of hydrogen-bond acceptors (Lipinski definition) is 14. The SMILES string of the molecule is C.C.Nc1cccc(COc2ccc([C@H](CC(=O)N3C(=O)OC[C@@H]3Cc3ccccc3)c3ccon3)cc2)c1.O=C(Nc1cccc(COc2ccc([C@H](CC(=O)N3C(=O)OC[C@@H]3Cc3ccccc3)c3ccon3)cc2)c1)c1ccc(C(F)(F)F)cc1. The van der Waals surface area contributed by atoms with Crippen molar-refractivity contribution >= 4 is 41.3 Å². The van der Waals surface area contributed by atoms with Crippen LogP contribution in [0.2, 0.25) is 0 Å². The van der Waals surface area contributed by atoms with Crippen LogP contribution >= 0.6 is 0 Å². The van der Waals surface area contributed by atoms with Crippen molar-refractivity contribution in [3.05, 3.63) is 263 Å². The van der Waals surface area contributed by atoms with Gasteiger partial charge in [0.2, 0.25) is 11.8 Å². The third kappa shape index (κ3) is 16.5. The van der Waals surface area contributed by atoms with Crippen LogP contribution in [-0.2, 0) is 51.3 Å². The van der Waals surface area contributed by atoms with E-state index in [1.165, 1.54) is 22.3 Å². The van der Waals surface area contributed by atoms with Gasteiger partial charge in [-0.25, -0.2) is 19.4 Å². The number of rotatable bonds is 20. The highest BCUT2D eigenvalue weighted by Gasteiger charge is 2.41. The Balaban J connectivity index is 0.000000231. The minimum absolute atomic E-state index is 0. The summed E-state index contributed by atoms with van der Waals surface area (Å²) in [6, 6.07) is 55.0. The molecule has 2 fully saturated rings. The first-order valence-electron chi connectivity index (χ1n) is 27.4. The van der Waals surface area contributed by atoms with Crippen LogP contribution in [0.4, 0.5) is 34.1 Å². The quantitative estimate of drug-likeness (QED) is 0.0679. The number of cyclic esters (lactones) is 2. The third-order valence-electron chi connectivity index (χ3n) is 14.5. The van der Waals surface area contributed by atoms with Crippen molar-refractivity contribution in [2.75, 3.05) is 24.3 Å². The molecule has 88 heavy (non-hydrogen) atoms. The van der Waals surface area contributed by atoms with Gasteiger partial charge in [-0.2, -0.15) is 13.2 Å². The summed E-state index contributed by atoms with van der Waals surface area (Å²) < 4.78 is 71.0. The van der Waals surface area contributed by atoms with Crippen LogP contribution in [0.5, 0.6) is 11.5 Å². The Bertz CT molecular complexity index is 3720. The van der Waals surface area contributed by atoms with Crippen LogP contribution in [0.3, 0.4) is 0 Å². The van der Waals surface area contributed by atoms with Gasteiger partial charge in [0.25, 0.3) is 5.91 Å². The van der Waals surface area contributed by atoms with Crippen LogP contribution in [0.15, 0.2) is 216 Å². The topological polar surface area (TPSA) is 219 Å². The molecule has 17 nitrogen and oxygen atoms in total. The lowest BCUT2D eigenvalue weighted by Gasteiger charge is -2.22. The standard InChI is InChI=1S/C37H30F3N3O6.C29H27N3O5.2CH4/c38-37(39,40)28-13-9-27(10-14-28)35(45)41-29-8-4-7-25(19-29)22-47-31-15-11-26(12-16-31)32(33-17-18-49-42-33)21-34(44)43-30(23-48-36(43)46)20-24-5-2-1-3-6-24;30-23-8-4-7-21(15-23)18-35-25-11-9-22(10-12-25)26(27-13-14-37-31-27)17-28(33)32-24(19-36-29(32)34)16-20-5-2-1-3-6-20;;/h1-19,30,32H,20-23H2,(H,41,45);1-15,24,26H,16-19,30H2;2*1H4/t30-,32-;24-,26-;;/m00../s1. The predicted octanol–water partition coefficient (Wildman–Crippen LogP) is 13.9. The van der Waals surface area contributed by atoms with Gasteiger partial charge in [-0.15, -0.1) is 0 Å². The lowest BCUT2D eigenvalue weighted by Crippen LogP contribution is -2.40. The molecule has 11 rings (SSSR count). The van der Waals surface area contributed by atoms with Crippen molar-refractivity contribution in [3.8, 4) is 11.5 Å². The maximum Gasteiger partial charge on any atom is 0.416 e. The Morgan fingerprint density at radius 1 is 0.557 bits per heavy atom. The largest absolute Gasteiger partial charge is 0.489 e. The molecular formula is C68H65F3N6O11. The van der Waals surface area contributed by atoms with Gasteiger partial charge < -0.3 is 39.0 Å². The Hall–Kier alpha value is -10.5. The van der Waals surface area contributed by atoms with E-state index in [4.69, 9.17) is 33.7 Å². The van der Waals surface area contributed by atoms with E-state index in [1.807, 2.05) is 127 Å². The first-order chi connectivity index (χ1) is 41.7. The van der Waals surface area contributed by atoms with Crippen molar-refractivity contribution in [1.82, 2.24) is 20.1 Å². The molecule has 2 aromatic heterocycles. The molecule has 0 aliphatic carbocycles. The molecule has 0 radical (unpaired) electrons. The molecule has 3 N–H and O–H groups in total. The summed E-state index contributed by atoms with van der Waals surface area (Å²) in [5.74, 6) is -0.936. The number of carbonyl (C=O) groups excluding carboxylic acids is 5. The summed E-state index contributed by atoms with van der Waals surface area (Å²) in [7, 11) is 0. The van der Waals surface area contributed by atoms with Gasteiger partial charge in [-0.1, -0.05) is 134 Å². The first kappa shape index (κ1) is 63.5. The summed E-state index contributed by atoms with van der Waals surface area (Å²) in [6.45, 7) is 0.839. The van der Waals surface area contributed by atoms with E-state index in [2.05, 4.69) is 15.6 Å². The van der Waals surface area contributed by atoms with Gasteiger partial charge in [0.15, 0.2) is 0 Å². The normalized spacial score (nSPS) is 15.0. The number of amides is 5. The van der Waals surface area contributed by atoms with Gasteiger partial charge in [-0.05, 0) is 119 Å². The van der Waals surface area contributed by atoms with Crippen LogP contribution in [-0.4, -0.2) is 75.3 Å². The fourth-order valence-corrected chi connectivity index (χ4v) is 10.1. The van der Waals surface area contributed by atoms with Gasteiger partial charge in [0, 0.05) is 53.7 Å². The lowest BCUT2D eigenvalue weighted by molar-refractivity contribution is -0.137. The number of carbonyl (C=O) groups is 5. The second-order valence-corrected chi connectivity index (χ2v) is 20.4. The third-order valence-corrected chi connectivity index (χ3v) is 14.5. The average molecular weight is 1200 g/mol. The number of nitrogens with two attached hydrogens (primary N) is 1. The molecule has 2 aliphatic rings. The molecule has 0 saturated carbocycles. The van der Waals surface area contributed by atoms with Crippen molar-refractivity contribution in [3.63, 3.8) is 0 Å². The summed E-state index contributed by atoms with van der Waals surface area (Å²) in [4.78, 5) is 67.1. The zero-order chi connectivity index (χ0) is 60.0. The van der Waals surface area contributed by atoms with Crippen molar-refractivity contribution < 1.29 is 65.1 Å². The zero-order valence-electron chi connectivity index (χ0n) is 46.1. The summed E-state index contributed by atoms with van der Waals surface area (Å²) in [5, 5.41) is 10.8. The van der Waals surface area contributed by atoms with E-state index in [-0.39, 0.29) is 70.9 Å². The molecule has 454 valence electrons. The number of nitrogens with zero attached hydrogens (tertiary/aromatic N) is 4. The summed E-state index contributed by atoms with van der Waals surface area (Å²) in [6.07, 6.45) is -1.87. The predicted molar refractivity (Wildman–Crippen MR) is 322 cm³/mol. The molecule has 0 unspecified atom stereocenters. The number of aromatic nitrogens is 2. The molecule has 0 bridgehead atoms. The van der Waals surface area contributed by atoms with Crippen LogP contribution in [0.25, 0.3) is 0 Å². The fraction of sp³-hybridized carbons (Fsp3) is 0.221. The Morgan fingerprint density at radius 3 is 1.43 bits per heavy atom. The van der Waals surface area contributed by atoms with Crippen molar-refractivity contribution in [2.45, 2.75) is 83.8 Å². The van der Waals surface area contributed by atoms with E-state index in [1.54, 1.807) is 42.5 Å².